The van der Waals surface area contributed by atoms with Gasteiger partial charge >= 0.3 is 0 Å². The first-order chi connectivity index (χ1) is 16.2. The Kier molecular flexibility index (Phi) is 6.38. The number of hydrogen-bond donors (Lipinski definition) is 3. The number of sulfonamides is 2. The van der Waals surface area contributed by atoms with Gasteiger partial charge in [-0.1, -0.05) is 35.3 Å². The zero-order valence-electron chi connectivity index (χ0n) is 18.5. The normalized spacial score (nSPS) is 12.3. The highest BCUT2D eigenvalue weighted by atomic mass is 35.5. The van der Waals surface area contributed by atoms with E-state index in [1.54, 1.807) is 38.1 Å². The van der Waals surface area contributed by atoms with Crippen LogP contribution in [0.5, 0.6) is 5.75 Å². The molecule has 11 heteroatoms. The molecule has 0 aliphatic heterocycles. The second-order valence-electron chi connectivity index (χ2n) is 8.15. The fraction of sp³-hybridized carbons (Fsp3) is 0.0833. The predicted octanol–water partition coefficient (Wildman–Crippen LogP) is 5.10. The van der Waals surface area contributed by atoms with E-state index in [2.05, 4.69) is 0 Å². The summed E-state index contributed by atoms with van der Waals surface area (Å²) in [7, 11) is -9.08. The number of hydrogen-bond acceptors (Lipinski definition) is 5. The molecule has 4 rings (SSSR count). The maximum Gasteiger partial charge on any atom is 0.239 e. The second-order valence-corrected chi connectivity index (χ2v) is 12.0. The van der Waals surface area contributed by atoms with Crippen molar-refractivity contribution < 1.29 is 21.9 Å². The second kappa shape index (κ2) is 8.77. The third-order valence-corrected chi connectivity index (χ3v) is 8.12. The summed E-state index contributed by atoms with van der Waals surface area (Å²) in [4.78, 5) is -0.899. The molecule has 0 fully saturated rings. The van der Waals surface area contributed by atoms with Crippen LogP contribution in [0.25, 0.3) is 33.0 Å². The van der Waals surface area contributed by atoms with Crippen LogP contribution in [0.4, 0.5) is 0 Å². The van der Waals surface area contributed by atoms with Gasteiger partial charge in [-0.25, -0.2) is 27.1 Å². The van der Waals surface area contributed by atoms with Crippen LogP contribution >= 0.6 is 23.2 Å². The van der Waals surface area contributed by atoms with Crippen molar-refractivity contribution in [2.24, 2.45) is 10.3 Å². The van der Waals surface area contributed by atoms with Crippen molar-refractivity contribution in [3.8, 4) is 28.0 Å². The molecule has 0 radical (unpaired) electrons. The van der Waals surface area contributed by atoms with Crippen molar-refractivity contribution in [1.29, 1.82) is 0 Å². The number of benzene rings is 4. The molecule has 0 spiro atoms. The Hall–Kier alpha value is -2.66. The molecule has 0 aliphatic rings. The number of halogens is 2. The van der Waals surface area contributed by atoms with Crippen LogP contribution in [0.2, 0.25) is 10.0 Å². The van der Waals surface area contributed by atoms with E-state index in [9.17, 15) is 21.9 Å². The van der Waals surface area contributed by atoms with Crippen molar-refractivity contribution >= 4 is 54.0 Å². The van der Waals surface area contributed by atoms with Crippen molar-refractivity contribution in [2.45, 2.75) is 23.6 Å². The van der Waals surface area contributed by atoms with E-state index < -0.39 is 29.8 Å². The largest absolute Gasteiger partial charge is 0.508 e. The van der Waals surface area contributed by atoms with Crippen molar-refractivity contribution in [3.63, 3.8) is 0 Å². The van der Waals surface area contributed by atoms with Crippen LogP contribution in [0.3, 0.4) is 0 Å². The summed E-state index contributed by atoms with van der Waals surface area (Å²) >= 11 is 12.2. The van der Waals surface area contributed by atoms with Gasteiger partial charge in [-0.15, -0.1) is 0 Å². The van der Waals surface area contributed by atoms with Gasteiger partial charge in [0.2, 0.25) is 20.0 Å². The monoisotopic (exact) mass is 550 g/mol. The summed E-state index contributed by atoms with van der Waals surface area (Å²) in [5.41, 5.74) is 1.79. The predicted molar refractivity (Wildman–Crippen MR) is 139 cm³/mol. The summed E-state index contributed by atoms with van der Waals surface area (Å²) in [6, 6.07) is 13.4. The molecule has 0 heterocycles. The van der Waals surface area contributed by atoms with Crippen LogP contribution in [0.15, 0.2) is 64.4 Å². The standard InChI is InChI=1S/C24H20Cl2N2O5S2/c1-12-9-14(25)3-6-17(12)21-19-8-5-16(29)11-20(19)23(34(27,30)31)22(24(21)35(28,32)33)18-7-4-15(26)10-13(18)2/h3-11,29H,1-2H3,(H2,27,30,31)(H2,28,32,33). The van der Waals surface area contributed by atoms with Gasteiger partial charge in [0, 0.05) is 26.6 Å². The lowest BCUT2D eigenvalue weighted by Crippen LogP contribution is -2.20. The zero-order valence-corrected chi connectivity index (χ0v) is 21.6. The fourth-order valence-corrected chi connectivity index (χ4v) is 6.82. The number of phenols is 1. The van der Waals surface area contributed by atoms with Gasteiger partial charge in [-0.2, -0.15) is 0 Å². The third kappa shape index (κ3) is 4.63. The average Bonchev–Trinajstić information content (AvgIpc) is 2.70. The van der Waals surface area contributed by atoms with Gasteiger partial charge in [-0.05, 0) is 84.0 Å². The Bertz CT molecular complexity index is 1750. The molecule has 0 aromatic heterocycles. The van der Waals surface area contributed by atoms with Gasteiger partial charge in [0.15, 0.2) is 0 Å². The molecule has 4 aromatic carbocycles. The number of phenolic OH excluding ortho intramolecular Hbond substituents is 1. The highest BCUT2D eigenvalue weighted by molar-refractivity contribution is 7.90. The first-order valence-electron chi connectivity index (χ1n) is 10.1. The fourth-order valence-electron chi connectivity index (χ4n) is 4.33. The molecule has 0 atom stereocenters. The van der Waals surface area contributed by atoms with Crippen molar-refractivity contribution in [2.75, 3.05) is 0 Å². The number of primary sulfonamides is 2. The van der Waals surface area contributed by atoms with Crippen LogP contribution < -0.4 is 10.3 Å². The van der Waals surface area contributed by atoms with E-state index in [0.717, 1.165) is 0 Å². The lowest BCUT2D eigenvalue weighted by molar-refractivity contribution is 0.476. The summed E-state index contributed by atoms with van der Waals surface area (Å²) in [5, 5.41) is 22.7. The van der Waals surface area contributed by atoms with Gasteiger partial charge in [-0.3, -0.25) is 0 Å². The molecule has 0 amide bonds. The number of aromatic hydroxyl groups is 1. The maximum absolute atomic E-state index is 13.2. The molecule has 182 valence electrons. The average molecular weight is 551 g/mol. The van der Waals surface area contributed by atoms with E-state index in [-0.39, 0.29) is 33.2 Å². The maximum atomic E-state index is 13.2. The summed E-state index contributed by atoms with van der Waals surface area (Å²) in [5.74, 6) is -0.233. The van der Waals surface area contributed by atoms with E-state index in [0.29, 0.717) is 26.7 Å². The lowest BCUT2D eigenvalue weighted by atomic mass is 9.89. The van der Waals surface area contributed by atoms with Gasteiger partial charge in [0.1, 0.15) is 5.75 Å². The molecular formula is C24H20Cl2N2O5S2. The third-order valence-electron chi connectivity index (χ3n) is 5.68. The van der Waals surface area contributed by atoms with Gasteiger partial charge in [0.05, 0.1) is 9.79 Å². The molecule has 0 aliphatic carbocycles. The number of nitrogens with two attached hydrogens (primary N) is 2. The topological polar surface area (TPSA) is 141 Å². The number of rotatable bonds is 4. The Labute approximate surface area is 213 Å². The Balaban J connectivity index is 2.45. The molecule has 4 aromatic rings. The quantitative estimate of drug-likeness (QED) is 0.324. The summed E-state index contributed by atoms with van der Waals surface area (Å²) in [6.07, 6.45) is 0. The summed E-state index contributed by atoms with van der Waals surface area (Å²) in [6.45, 7) is 3.39. The Morgan fingerprint density at radius 3 is 1.60 bits per heavy atom. The van der Waals surface area contributed by atoms with Crippen molar-refractivity contribution in [1.82, 2.24) is 0 Å². The van der Waals surface area contributed by atoms with E-state index in [1.807, 2.05) is 0 Å². The molecule has 35 heavy (non-hydrogen) atoms. The highest BCUT2D eigenvalue weighted by Crippen LogP contribution is 2.48. The molecule has 0 bridgehead atoms. The SMILES string of the molecule is Cc1cc(Cl)ccc1-c1c(S(N)(=O)=O)c(-c2ccc(Cl)cc2C)c2ccc(O)cc2c1S(N)(=O)=O. The molecular weight excluding hydrogens is 531 g/mol. The number of aryl methyl sites for hydroxylation is 2. The van der Waals surface area contributed by atoms with E-state index in [4.69, 9.17) is 33.5 Å². The van der Waals surface area contributed by atoms with Crippen LogP contribution in [0.1, 0.15) is 11.1 Å². The molecule has 7 nitrogen and oxygen atoms in total. The zero-order chi connectivity index (χ0) is 25.9. The van der Waals surface area contributed by atoms with E-state index in [1.165, 1.54) is 30.3 Å². The first kappa shape index (κ1) is 25.4. The lowest BCUT2D eigenvalue weighted by Gasteiger charge is -2.23. The van der Waals surface area contributed by atoms with Crippen LogP contribution in [-0.4, -0.2) is 21.9 Å². The molecule has 5 N–H and O–H groups in total. The minimum Gasteiger partial charge on any atom is -0.508 e. The van der Waals surface area contributed by atoms with Crippen LogP contribution in [0, 0.1) is 13.8 Å². The Morgan fingerprint density at radius 2 is 1.14 bits per heavy atom. The molecule has 0 unspecified atom stereocenters. The Morgan fingerprint density at radius 1 is 0.657 bits per heavy atom. The number of fused-ring (bicyclic) bond motifs is 1. The highest BCUT2D eigenvalue weighted by Gasteiger charge is 2.33. The smallest absolute Gasteiger partial charge is 0.239 e. The van der Waals surface area contributed by atoms with Crippen LogP contribution in [-0.2, 0) is 20.0 Å². The molecule has 0 saturated carbocycles. The molecule has 0 saturated heterocycles. The first-order valence-corrected chi connectivity index (χ1v) is 14.0. The van der Waals surface area contributed by atoms with E-state index >= 15 is 0 Å². The minimum atomic E-state index is -4.55. The van der Waals surface area contributed by atoms with Crippen molar-refractivity contribution in [3.05, 3.63) is 75.8 Å². The summed E-state index contributed by atoms with van der Waals surface area (Å²) < 4.78 is 52.4. The minimum absolute atomic E-state index is 0.0357. The van der Waals surface area contributed by atoms with Gasteiger partial charge in [0.25, 0.3) is 0 Å². The van der Waals surface area contributed by atoms with Gasteiger partial charge < -0.3 is 5.11 Å².